The second-order valence-electron chi connectivity index (χ2n) is 20.6. The fourth-order valence-corrected chi connectivity index (χ4v) is 11.1. The maximum Gasteiger partial charge on any atom is 0.405 e. The van der Waals surface area contributed by atoms with Crippen LogP contribution < -0.4 is 37.6 Å². The van der Waals surface area contributed by atoms with E-state index < -0.39 is 53.9 Å². The maximum atomic E-state index is 14.0. The third kappa shape index (κ3) is 25.7. The quantitative estimate of drug-likeness (QED) is 0.0196. The molecule has 462 valence electrons. The molecule has 2 bridgehead atoms. The number of urea groups is 1. The Morgan fingerprint density at radius 1 is 0.756 bits per heavy atom. The van der Waals surface area contributed by atoms with Crippen molar-refractivity contribution in [3.8, 4) is 0 Å². The maximum absolute atomic E-state index is 14.0. The Bertz CT molecular complexity index is 2210. The summed E-state index contributed by atoms with van der Waals surface area (Å²) in [5.74, 6) is -1.53. The van der Waals surface area contributed by atoms with E-state index in [2.05, 4.69) is 31.9 Å². The van der Waals surface area contributed by atoms with Gasteiger partial charge in [0.25, 0.3) is 5.91 Å². The molecule has 3 heterocycles. The van der Waals surface area contributed by atoms with Crippen molar-refractivity contribution in [1.29, 1.82) is 0 Å². The first kappa shape index (κ1) is 69.3. The van der Waals surface area contributed by atoms with Gasteiger partial charge in [-0.3, -0.25) is 24.0 Å². The lowest BCUT2D eigenvalue weighted by atomic mass is 9.85. The van der Waals surface area contributed by atoms with Crippen LogP contribution in [0.3, 0.4) is 0 Å². The van der Waals surface area contributed by atoms with Gasteiger partial charge in [0.15, 0.2) is 6.10 Å². The Balaban J connectivity index is 1.01. The summed E-state index contributed by atoms with van der Waals surface area (Å²) in [7, 11) is 2.91. The number of hydrogen-bond donors (Lipinski definition) is 8. The number of carbonyl (C=O) groups is 7. The van der Waals surface area contributed by atoms with Gasteiger partial charge in [0.1, 0.15) is 6.10 Å². The first-order chi connectivity index (χ1) is 39.5. The van der Waals surface area contributed by atoms with Crippen molar-refractivity contribution in [2.24, 2.45) is 17.6 Å². The third-order valence-electron chi connectivity index (χ3n) is 14.0. The molecule has 1 aliphatic carbocycles. The molecule has 0 spiro atoms. The zero-order valence-electron chi connectivity index (χ0n) is 48.7. The molecule has 25 heteroatoms. The molecule has 9 atom stereocenters. The molecule has 0 unspecified atom stereocenters. The molecule has 4 rings (SSSR count). The highest BCUT2D eigenvalue weighted by atomic mass is 32.2. The number of amides is 6. The topological polar surface area (TPSA) is 321 Å². The Morgan fingerprint density at radius 2 is 1.38 bits per heavy atom. The van der Waals surface area contributed by atoms with Gasteiger partial charge in [-0.1, -0.05) is 44.6 Å². The van der Waals surface area contributed by atoms with Crippen LogP contribution in [-0.2, 0) is 66.6 Å². The second kappa shape index (κ2) is 39.3. The number of aliphatic hydroxyl groups is 1. The molecule has 9 N–H and O–H groups in total. The Hall–Kier alpha value is -5.22. The average Bonchev–Trinajstić information content (AvgIpc) is 3.74. The highest BCUT2D eigenvalue weighted by Crippen LogP contribution is 2.33. The second-order valence-corrected chi connectivity index (χ2v) is 21.8. The number of nitrogens with two attached hydrogens (primary N) is 1. The van der Waals surface area contributed by atoms with Gasteiger partial charge in [-0.2, -0.15) is 11.8 Å². The van der Waals surface area contributed by atoms with Crippen LogP contribution in [0.2, 0.25) is 0 Å². The molecule has 2 saturated heterocycles. The van der Waals surface area contributed by atoms with Crippen LogP contribution in [0.15, 0.2) is 58.5 Å². The van der Waals surface area contributed by atoms with Crippen molar-refractivity contribution in [2.75, 3.05) is 119 Å². The summed E-state index contributed by atoms with van der Waals surface area (Å²) in [5, 5.41) is 29.3. The number of thioether (sulfide) groups is 1. The van der Waals surface area contributed by atoms with Gasteiger partial charge in [-0.15, -0.1) is 0 Å². The summed E-state index contributed by atoms with van der Waals surface area (Å²) in [6.07, 6.45) is 8.00. The van der Waals surface area contributed by atoms with Crippen LogP contribution in [0.5, 0.6) is 0 Å². The number of primary amides is 1. The molecular weight excluding hydrogens is 1090 g/mol. The standard InChI is InChI=1S/C57H91N7O17S/c1-37-32-41-50(44(65)35-42(53(41)69)62-55(70)38(2)12-9-13-45(73-5)54(81-56(58)71)40(4)34-39(3)52(68)46(33-37)74-6)61-18-11-21-76-25-24-75-20-10-17-59-49(67)16-22-77-26-28-79-30-31-80-29-27-78-23-19-60-48(66)15-8-7-14-47-51-43(36-82-47)63-57(72)64-51/h9,12-13,34-35,37,39,43,45-47,51-52,54,61,68H,7-8,10-11,14-33,36H2,1-6H3,(H2,58,71)(H,59,67)(H,60,66)(H,62,70)(H2,63,64,72)/b13-9-,38-12+,40-34+/t37-,39+,43-,45-,46+,47-,51-,52-,54+/m0/s1. The normalized spacial score (nSPS) is 26.1. The number of Topliss-reactive ketones (excluding diaryl/α,β-unsaturated/α-hetero) is 1. The summed E-state index contributed by atoms with van der Waals surface area (Å²) in [5.41, 5.74) is 6.35. The molecule has 2 fully saturated rings. The van der Waals surface area contributed by atoms with Gasteiger partial charge in [0.2, 0.25) is 23.4 Å². The fraction of sp³-hybridized carbons (Fsp3) is 0.702. The van der Waals surface area contributed by atoms with E-state index in [0.717, 1.165) is 31.1 Å². The zero-order valence-corrected chi connectivity index (χ0v) is 49.5. The van der Waals surface area contributed by atoms with E-state index >= 15 is 0 Å². The summed E-state index contributed by atoms with van der Waals surface area (Å²) in [6, 6.07) is 0.337. The number of fused-ring (bicyclic) bond motifs is 3. The molecule has 0 aromatic carbocycles. The van der Waals surface area contributed by atoms with Crippen LogP contribution in [0.1, 0.15) is 85.5 Å². The minimum absolute atomic E-state index is 0.0129. The van der Waals surface area contributed by atoms with Gasteiger partial charge >= 0.3 is 12.1 Å². The highest BCUT2D eigenvalue weighted by molar-refractivity contribution is 8.00. The first-order valence-corrected chi connectivity index (χ1v) is 29.6. The molecule has 82 heavy (non-hydrogen) atoms. The van der Waals surface area contributed by atoms with Gasteiger partial charge in [0, 0.05) is 94.1 Å². The minimum Gasteiger partial charge on any atom is -0.439 e. The molecule has 6 amide bonds. The highest BCUT2D eigenvalue weighted by Gasteiger charge is 2.42. The molecule has 3 aliphatic heterocycles. The summed E-state index contributed by atoms with van der Waals surface area (Å²) in [4.78, 5) is 88.8. The minimum atomic E-state index is -1.02. The lowest BCUT2D eigenvalue weighted by Crippen LogP contribution is -2.38. The van der Waals surface area contributed by atoms with E-state index in [9.17, 15) is 38.7 Å². The number of allylic oxidation sites excluding steroid dienone is 4. The lowest BCUT2D eigenvalue weighted by molar-refractivity contribution is -0.122. The van der Waals surface area contributed by atoms with E-state index in [1.807, 2.05) is 18.7 Å². The number of aliphatic hydroxyl groups excluding tert-OH is 1. The predicted molar refractivity (Wildman–Crippen MR) is 306 cm³/mol. The Labute approximate surface area is 486 Å². The van der Waals surface area contributed by atoms with Gasteiger partial charge in [0.05, 0.1) is 102 Å². The molecule has 0 radical (unpaired) electrons. The Morgan fingerprint density at radius 3 is 2.04 bits per heavy atom. The van der Waals surface area contributed by atoms with Crippen molar-refractivity contribution < 1.29 is 81.3 Å². The van der Waals surface area contributed by atoms with Crippen LogP contribution >= 0.6 is 11.8 Å². The number of hydrogen-bond acceptors (Lipinski definition) is 19. The summed E-state index contributed by atoms with van der Waals surface area (Å²) in [6.45, 7) is 12.6. The number of carbonyl (C=O) groups excluding carboxylic acids is 7. The molecular formula is C57H91N7O17S. The number of methoxy groups -OCH3 is 2. The summed E-state index contributed by atoms with van der Waals surface area (Å²) >= 11 is 1.88. The average molecular weight is 1180 g/mol. The SMILES string of the molecule is CO[C@H]1/C=C\C=C(/C)C(=O)NC2=CC(=O)C(NCCCOCCOCCCNC(=O)CCOCCOCCOCCOCCNC(=O)CCCC[C@@H]3SC[C@@H]4NC(=O)N[C@@H]43)=C(C[C@H](C)C[C@@H](OC)[C@@H](O)[C@H](C)/C=C(\C)[C@H]1OC(N)=O)C2=O. The molecule has 0 saturated carbocycles. The number of ketones is 2. The largest absolute Gasteiger partial charge is 0.439 e. The molecule has 0 aromatic heterocycles. The first-order valence-electron chi connectivity index (χ1n) is 28.5. The van der Waals surface area contributed by atoms with E-state index in [1.165, 1.54) is 20.3 Å². The molecule has 24 nitrogen and oxygen atoms in total. The van der Waals surface area contributed by atoms with Crippen molar-refractivity contribution in [2.45, 2.75) is 127 Å². The predicted octanol–water partition coefficient (Wildman–Crippen LogP) is 2.58. The van der Waals surface area contributed by atoms with Gasteiger partial charge in [-0.25, -0.2) is 9.59 Å². The third-order valence-corrected chi connectivity index (χ3v) is 15.5. The molecule has 4 aliphatic rings. The van der Waals surface area contributed by atoms with E-state index in [4.69, 9.17) is 48.4 Å². The van der Waals surface area contributed by atoms with Gasteiger partial charge in [-0.05, 0) is 63.9 Å². The molecule has 0 aromatic rings. The van der Waals surface area contributed by atoms with Crippen molar-refractivity contribution in [3.05, 3.63) is 58.5 Å². The Kier molecular flexibility index (Phi) is 33.2. The number of nitrogens with one attached hydrogen (secondary N) is 6. The fourth-order valence-electron chi connectivity index (χ4n) is 9.53. The van der Waals surface area contributed by atoms with Gasteiger partial charge < -0.3 is 85.4 Å². The van der Waals surface area contributed by atoms with E-state index in [0.29, 0.717) is 129 Å². The van der Waals surface area contributed by atoms with Crippen LogP contribution in [0, 0.1) is 11.8 Å². The van der Waals surface area contributed by atoms with E-state index in [-0.39, 0.29) is 77.8 Å². The van der Waals surface area contributed by atoms with Crippen LogP contribution in [-0.4, -0.2) is 207 Å². The summed E-state index contributed by atoms with van der Waals surface area (Å²) < 4.78 is 50.2. The monoisotopic (exact) mass is 1180 g/mol. The number of rotatable bonds is 35. The lowest BCUT2D eigenvalue weighted by Gasteiger charge is -2.30. The van der Waals surface area contributed by atoms with Crippen molar-refractivity contribution in [1.82, 2.24) is 31.9 Å². The van der Waals surface area contributed by atoms with Crippen molar-refractivity contribution in [3.63, 3.8) is 0 Å². The van der Waals surface area contributed by atoms with E-state index in [1.54, 1.807) is 39.0 Å². The van der Waals surface area contributed by atoms with Crippen LogP contribution in [0.25, 0.3) is 0 Å². The number of unbranched alkanes of at least 4 members (excludes halogenated alkanes) is 1. The number of ether oxygens (including phenoxy) is 9. The smallest absolute Gasteiger partial charge is 0.405 e. The van der Waals surface area contributed by atoms with Crippen molar-refractivity contribution >= 4 is 53.2 Å². The zero-order chi connectivity index (χ0) is 59.7. The van der Waals surface area contributed by atoms with Crippen LogP contribution in [0.4, 0.5) is 9.59 Å².